The van der Waals surface area contributed by atoms with E-state index in [1.54, 1.807) is 6.07 Å². The van der Waals surface area contributed by atoms with Gasteiger partial charge in [0.1, 0.15) is 17.3 Å². The zero-order chi connectivity index (χ0) is 14.2. The van der Waals surface area contributed by atoms with E-state index in [0.29, 0.717) is 10.3 Å². The molecule has 5 N–H and O–H groups in total. The molecule has 0 fully saturated rings. The summed E-state index contributed by atoms with van der Waals surface area (Å²) in [6.07, 6.45) is 0.0408. The van der Waals surface area contributed by atoms with E-state index < -0.39 is 18.0 Å². The number of nitrogens with two attached hydrogens (primary N) is 1. The van der Waals surface area contributed by atoms with Gasteiger partial charge in [0, 0.05) is 0 Å². The molecule has 0 saturated heterocycles. The number of thiazole rings is 1. The van der Waals surface area contributed by atoms with E-state index >= 15 is 0 Å². The van der Waals surface area contributed by atoms with Gasteiger partial charge in [-0.1, -0.05) is 0 Å². The van der Waals surface area contributed by atoms with Gasteiger partial charge in [0.05, 0.1) is 4.70 Å². The largest absolute Gasteiger partial charge is 0.506 e. The third kappa shape index (κ3) is 2.64. The number of carbonyl (C=O) groups is 2. The van der Waals surface area contributed by atoms with Crippen molar-refractivity contribution in [2.45, 2.75) is 12.5 Å². The number of fused-ring (bicyclic) bond motifs is 1. The van der Waals surface area contributed by atoms with Gasteiger partial charge in [-0.3, -0.25) is 4.79 Å². The minimum absolute atomic E-state index is 0.0408. The van der Waals surface area contributed by atoms with E-state index in [2.05, 4.69) is 4.98 Å². The monoisotopic (exact) mass is 282 g/mol. The average Bonchev–Trinajstić information content (AvgIpc) is 2.73. The van der Waals surface area contributed by atoms with E-state index in [1.165, 1.54) is 6.07 Å². The normalized spacial score (nSPS) is 12.5. The van der Waals surface area contributed by atoms with Crippen molar-refractivity contribution in [2.24, 2.45) is 5.73 Å². The molecular formula is C11H10N2O5S. The predicted molar refractivity (Wildman–Crippen MR) is 67.6 cm³/mol. The third-order valence-corrected chi connectivity index (χ3v) is 3.48. The lowest BCUT2D eigenvalue weighted by molar-refractivity contribution is -0.138. The minimum Gasteiger partial charge on any atom is -0.506 e. The number of benzene rings is 1. The summed E-state index contributed by atoms with van der Waals surface area (Å²) in [7, 11) is 0. The van der Waals surface area contributed by atoms with Crippen LogP contribution in [0.25, 0.3) is 10.2 Å². The van der Waals surface area contributed by atoms with Crippen LogP contribution in [0.5, 0.6) is 5.75 Å². The molecule has 1 atom stereocenters. The number of rotatable bonds is 4. The van der Waals surface area contributed by atoms with E-state index in [9.17, 15) is 14.7 Å². The van der Waals surface area contributed by atoms with Crippen LogP contribution in [0.1, 0.15) is 15.4 Å². The Kier molecular flexibility index (Phi) is 3.36. The van der Waals surface area contributed by atoms with Crippen LogP contribution in [-0.4, -0.2) is 38.3 Å². The second kappa shape index (κ2) is 4.82. The van der Waals surface area contributed by atoms with Crippen LogP contribution in [0.4, 0.5) is 0 Å². The fourth-order valence-electron chi connectivity index (χ4n) is 1.62. The number of aliphatic carboxylic acids is 1. The summed E-state index contributed by atoms with van der Waals surface area (Å²) in [6.45, 7) is 0. The smallest absolute Gasteiger partial charge is 0.365 e. The summed E-state index contributed by atoms with van der Waals surface area (Å²) in [5.41, 5.74) is 6.11. The Balaban J connectivity index is 2.43. The number of aromatic hydroxyl groups is 1. The van der Waals surface area contributed by atoms with Crippen molar-refractivity contribution >= 4 is 33.5 Å². The van der Waals surface area contributed by atoms with Gasteiger partial charge in [-0.05, 0) is 24.1 Å². The second-order valence-corrected chi connectivity index (χ2v) is 4.97. The SMILES string of the molecule is N[C@@H](Cc1cc(O)c2nc(C(=O)O)sc2c1)C(=O)O. The Morgan fingerprint density at radius 3 is 2.63 bits per heavy atom. The zero-order valence-corrected chi connectivity index (χ0v) is 10.3. The van der Waals surface area contributed by atoms with Crippen molar-refractivity contribution in [3.05, 3.63) is 22.7 Å². The number of phenolic OH excluding ortho intramolecular Hbond substituents is 1. The van der Waals surface area contributed by atoms with Gasteiger partial charge in [0.2, 0.25) is 5.01 Å². The Morgan fingerprint density at radius 1 is 1.37 bits per heavy atom. The summed E-state index contributed by atoms with van der Waals surface area (Å²) < 4.78 is 0.477. The fourth-order valence-corrected chi connectivity index (χ4v) is 2.51. The number of carboxylic acids is 2. The maximum atomic E-state index is 10.8. The molecule has 0 bridgehead atoms. The lowest BCUT2D eigenvalue weighted by Crippen LogP contribution is -2.32. The maximum Gasteiger partial charge on any atom is 0.365 e. The summed E-state index contributed by atoms with van der Waals surface area (Å²) in [5.74, 6) is -2.51. The van der Waals surface area contributed by atoms with E-state index in [1.807, 2.05) is 0 Å². The van der Waals surface area contributed by atoms with E-state index in [0.717, 1.165) is 11.3 Å². The molecule has 2 aromatic rings. The van der Waals surface area contributed by atoms with Gasteiger partial charge in [-0.25, -0.2) is 9.78 Å². The van der Waals surface area contributed by atoms with Crippen LogP contribution >= 0.6 is 11.3 Å². The topological polar surface area (TPSA) is 134 Å². The number of aromatic carboxylic acids is 1. The molecule has 0 unspecified atom stereocenters. The van der Waals surface area contributed by atoms with Crippen molar-refractivity contribution in [3.8, 4) is 5.75 Å². The van der Waals surface area contributed by atoms with Crippen LogP contribution in [0.3, 0.4) is 0 Å². The van der Waals surface area contributed by atoms with Crippen molar-refractivity contribution in [1.29, 1.82) is 0 Å². The fraction of sp³-hybridized carbons (Fsp3) is 0.182. The number of nitrogens with zero attached hydrogens (tertiary/aromatic N) is 1. The van der Waals surface area contributed by atoms with Gasteiger partial charge < -0.3 is 21.1 Å². The first-order valence-electron chi connectivity index (χ1n) is 5.22. The lowest BCUT2D eigenvalue weighted by Gasteiger charge is -2.06. The number of phenols is 1. The lowest BCUT2D eigenvalue weighted by atomic mass is 10.1. The molecule has 0 saturated carbocycles. The number of carboxylic acid groups (broad SMARTS) is 2. The Labute approximate surface area is 110 Å². The predicted octanol–water partition coefficient (Wildman–Crippen LogP) is 0.654. The molecule has 2 rings (SSSR count). The molecular weight excluding hydrogens is 272 g/mol. The Bertz CT molecular complexity index is 666. The Morgan fingerprint density at radius 2 is 2.05 bits per heavy atom. The maximum absolute atomic E-state index is 10.8. The van der Waals surface area contributed by atoms with Crippen molar-refractivity contribution in [2.75, 3.05) is 0 Å². The summed E-state index contributed by atoms with van der Waals surface area (Å²) in [5, 5.41) is 27.2. The first kappa shape index (κ1) is 13.2. The van der Waals surface area contributed by atoms with Crippen LogP contribution in [0, 0.1) is 0 Å². The van der Waals surface area contributed by atoms with Crippen LogP contribution in [0.2, 0.25) is 0 Å². The molecule has 0 aliphatic carbocycles. The average molecular weight is 282 g/mol. The molecule has 19 heavy (non-hydrogen) atoms. The molecule has 0 radical (unpaired) electrons. The summed E-state index contributed by atoms with van der Waals surface area (Å²) >= 11 is 0.910. The van der Waals surface area contributed by atoms with Crippen LogP contribution in [0.15, 0.2) is 12.1 Å². The second-order valence-electron chi connectivity index (χ2n) is 3.93. The molecule has 100 valence electrons. The first-order chi connectivity index (χ1) is 8.88. The molecule has 0 amide bonds. The number of aromatic nitrogens is 1. The van der Waals surface area contributed by atoms with Gasteiger partial charge in [0.25, 0.3) is 0 Å². The first-order valence-corrected chi connectivity index (χ1v) is 6.04. The highest BCUT2D eigenvalue weighted by atomic mass is 32.1. The molecule has 1 heterocycles. The molecule has 1 aromatic heterocycles. The van der Waals surface area contributed by atoms with Crippen molar-refractivity contribution < 1.29 is 24.9 Å². The van der Waals surface area contributed by atoms with Gasteiger partial charge in [0.15, 0.2) is 0 Å². The minimum atomic E-state index is -1.18. The highest BCUT2D eigenvalue weighted by Crippen LogP contribution is 2.31. The molecule has 7 nitrogen and oxygen atoms in total. The van der Waals surface area contributed by atoms with Crippen LogP contribution in [-0.2, 0) is 11.2 Å². The standard InChI is InChI=1S/C11H10N2O5S/c12-5(10(15)16)1-4-2-6(14)8-7(3-4)19-9(13-8)11(17)18/h2-3,5,14H,1,12H2,(H,15,16)(H,17,18)/t5-/m0/s1. The van der Waals surface area contributed by atoms with Crippen LogP contribution < -0.4 is 5.73 Å². The number of hydrogen-bond donors (Lipinski definition) is 4. The van der Waals surface area contributed by atoms with Gasteiger partial charge in [-0.15, -0.1) is 11.3 Å². The molecule has 1 aromatic carbocycles. The zero-order valence-electron chi connectivity index (χ0n) is 9.53. The molecule has 0 spiro atoms. The third-order valence-electron chi connectivity index (χ3n) is 2.49. The molecule has 8 heteroatoms. The molecule has 0 aliphatic rings. The van der Waals surface area contributed by atoms with Gasteiger partial charge >= 0.3 is 11.9 Å². The number of hydrogen-bond acceptors (Lipinski definition) is 6. The summed E-state index contributed by atoms with van der Waals surface area (Å²) in [6, 6.07) is 1.85. The van der Waals surface area contributed by atoms with E-state index in [-0.39, 0.29) is 22.7 Å². The highest BCUT2D eigenvalue weighted by molar-refractivity contribution is 7.20. The van der Waals surface area contributed by atoms with Crippen molar-refractivity contribution in [3.63, 3.8) is 0 Å². The molecule has 0 aliphatic heterocycles. The summed E-state index contributed by atoms with van der Waals surface area (Å²) in [4.78, 5) is 25.3. The Hall–Kier alpha value is -2.19. The quantitative estimate of drug-likeness (QED) is 0.647. The van der Waals surface area contributed by atoms with Crippen molar-refractivity contribution in [1.82, 2.24) is 4.98 Å². The van der Waals surface area contributed by atoms with E-state index in [4.69, 9.17) is 15.9 Å². The van der Waals surface area contributed by atoms with Gasteiger partial charge in [-0.2, -0.15) is 0 Å². The highest BCUT2D eigenvalue weighted by Gasteiger charge is 2.17.